The first-order valence-electron chi connectivity index (χ1n) is 5.44. The molecule has 2 heterocycles. The molecule has 0 radical (unpaired) electrons. The lowest BCUT2D eigenvalue weighted by atomic mass is 10.3. The summed E-state index contributed by atoms with van der Waals surface area (Å²) < 4.78 is 33.6. The summed E-state index contributed by atoms with van der Waals surface area (Å²) in [7, 11) is -0.452. The first kappa shape index (κ1) is 13.3. The molecule has 0 aliphatic carbocycles. The molecule has 102 valence electrons. The van der Waals surface area contributed by atoms with E-state index < -0.39 is 22.4 Å². The van der Waals surface area contributed by atoms with Gasteiger partial charge in [-0.3, -0.25) is 4.68 Å². The van der Waals surface area contributed by atoms with Crippen molar-refractivity contribution in [1.29, 1.82) is 0 Å². The zero-order valence-corrected chi connectivity index (χ0v) is 11.0. The molecule has 0 spiro atoms. The van der Waals surface area contributed by atoms with Gasteiger partial charge in [0.2, 0.25) is 0 Å². The Bertz CT molecular complexity index is 514. The van der Waals surface area contributed by atoms with Crippen molar-refractivity contribution in [2.45, 2.75) is 12.2 Å². The molecule has 0 bridgehead atoms. The molecule has 18 heavy (non-hydrogen) atoms. The Kier molecular flexibility index (Phi) is 3.57. The Labute approximate surface area is 105 Å². The van der Waals surface area contributed by atoms with Gasteiger partial charge in [-0.25, -0.2) is 4.72 Å². The third kappa shape index (κ3) is 2.64. The van der Waals surface area contributed by atoms with Gasteiger partial charge in [-0.1, -0.05) is 0 Å². The van der Waals surface area contributed by atoms with Crippen molar-refractivity contribution < 1.29 is 18.3 Å². The lowest BCUT2D eigenvalue weighted by molar-refractivity contribution is 0.0737. The van der Waals surface area contributed by atoms with Crippen LogP contribution in [-0.2, 0) is 17.3 Å². The zero-order valence-electron chi connectivity index (χ0n) is 10.1. The number of β-amino-alcohol motifs (C(OH)–C–C–N with tert-alkyl or cyclic N) is 1. The van der Waals surface area contributed by atoms with Crippen LogP contribution in [0.5, 0.6) is 5.75 Å². The Morgan fingerprint density at radius 1 is 1.56 bits per heavy atom. The number of hydrogen-bond donors (Lipinski definition) is 2. The third-order valence-corrected chi connectivity index (χ3v) is 4.26. The predicted octanol–water partition coefficient (Wildman–Crippen LogP) is -1.69. The summed E-state index contributed by atoms with van der Waals surface area (Å²) in [6.45, 7) is 0.132. The Morgan fingerprint density at radius 2 is 2.28 bits per heavy atom. The van der Waals surface area contributed by atoms with Gasteiger partial charge in [-0.2, -0.15) is 17.8 Å². The smallest absolute Gasteiger partial charge is 0.279 e. The van der Waals surface area contributed by atoms with Crippen LogP contribution in [0.3, 0.4) is 0 Å². The molecule has 2 N–H and O–H groups in total. The molecule has 0 amide bonds. The maximum absolute atomic E-state index is 11.6. The van der Waals surface area contributed by atoms with Crippen molar-refractivity contribution in [2.75, 3.05) is 20.1 Å². The third-order valence-electron chi connectivity index (χ3n) is 2.77. The molecule has 1 aromatic rings. The molecule has 2 atom stereocenters. The zero-order chi connectivity index (χ0) is 13.3. The minimum absolute atomic E-state index is 0.0219. The van der Waals surface area contributed by atoms with Gasteiger partial charge in [0.25, 0.3) is 10.2 Å². The van der Waals surface area contributed by atoms with E-state index in [9.17, 15) is 13.5 Å². The second kappa shape index (κ2) is 4.84. The molecule has 1 fully saturated rings. The van der Waals surface area contributed by atoms with Crippen LogP contribution in [0.2, 0.25) is 0 Å². The number of aliphatic hydroxyl groups excluding tert-OH is 1. The summed E-state index contributed by atoms with van der Waals surface area (Å²) in [5.41, 5.74) is 0. The van der Waals surface area contributed by atoms with E-state index in [1.165, 1.54) is 13.2 Å². The van der Waals surface area contributed by atoms with Gasteiger partial charge in [0.1, 0.15) is 12.2 Å². The standard InChI is InChI=1S/C9H16N4O4S/c1-10-18(15,16)13-5-8(14)9(6-13)17-7-3-11-12(2)4-7/h3-4,8-10,14H,5-6H2,1-2H3/t8-,9-/m1/s1. The largest absolute Gasteiger partial charge is 0.483 e. The van der Waals surface area contributed by atoms with Crippen molar-refractivity contribution in [1.82, 2.24) is 18.8 Å². The van der Waals surface area contributed by atoms with E-state index in [4.69, 9.17) is 4.74 Å². The van der Waals surface area contributed by atoms with E-state index >= 15 is 0 Å². The van der Waals surface area contributed by atoms with Crippen LogP contribution >= 0.6 is 0 Å². The number of ether oxygens (including phenoxy) is 1. The van der Waals surface area contributed by atoms with Crippen LogP contribution in [0.4, 0.5) is 0 Å². The molecule has 0 unspecified atom stereocenters. The Balaban J connectivity index is 2.04. The maximum atomic E-state index is 11.6. The predicted molar refractivity (Wildman–Crippen MR) is 63.2 cm³/mol. The summed E-state index contributed by atoms with van der Waals surface area (Å²) in [5.74, 6) is 0.505. The average Bonchev–Trinajstić information content (AvgIpc) is 2.87. The minimum Gasteiger partial charge on any atom is -0.483 e. The molecule has 1 aliphatic heterocycles. The molecule has 1 aromatic heterocycles. The van der Waals surface area contributed by atoms with Crippen molar-refractivity contribution >= 4 is 10.2 Å². The number of rotatable bonds is 4. The molecule has 2 rings (SSSR count). The minimum atomic E-state index is -3.53. The molecule has 0 aromatic carbocycles. The number of nitrogens with zero attached hydrogens (tertiary/aromatic N) is 3. The maximum Gasteiger partial charge on any atom is 0.279 e. The van der Waals surface area contributed by atoms with Crippen molar-refractivity contribution in [2.24, 2.45) is 7.05 Å². The molecule has 1 saturated heterocycles. The van der Waals surface area contributed by atoms with Gasteiger partial charge in [0.15, 0.2) is 5.75 Å². The SMILES string of the molecule is CNS(=O)(=O)N1C[C@@H](O)[C@H](Oc2cnn(C)c2)C1. The lowest BCUT2D eigenvalue weighted by Gasteiger charge is -2.15. The highest BCUT2D eigenvalue weighted by Crippen LogP contribution is 2.19. The summed E-state index contributed by atoms with van der Waals surface area (Å²) in [5, 5.41) is 13.7. The van der Waals surface area contributed by atoms with Crippen molar-refractivity contribution in [3.63, 3.8) is 0 Å². The topological polar surface area (TPSA) is 96.7 Å². The summed E-state index contributed by atoms with van der Waals surface area (Å²) in [6, 6.07) is 0. The lowest BCUT2D eigenvalue weighted by Crippen LogP contribution is -2.38. The first-order chi connectivity index (χ1) is 8.42. The van der Waals surface area contributed by atoms with Crippen LogP contribution in [0.15, 0.2) is 12.4 Å². The number of aryl methyl sites for hydroxylation is 1. The van der Waals surface area contributed by atoms with Crippen LogP contribution in [0, 0.1) is 0 Å². The van der Waals surface area contributed by atoms with E-state index in [1.54, 1.807) is 17.9 Å². The number of nitrogens with one attached hydrogen (secondary N) is 1. The van der Waals surface area contributed by atoms with E-state index in [-0.39, 0.29) is 13.1 Å². The highest BCUT2D eigenvalue weighted by Gasteiger charge is 2.38. The molecule has 8 nitrogen and oxygen atoms in total. The highest BCUT2D eigenvalue weighted by molar-refractivity contribution is 7.87. The molecule has 1 aliphatic rings. The summed E-state index contributed by atoms with van der Waals surface area (Å²) in [6.07, 6.45) is 1.73. The van der Waals surface area contributed by atoms with Crippen LogP contribution in [-0.4, -0.2) is 60.0 Å². The van der Waals surface area contributed by atoms with E-state index in [1.807, 2.05) is 0 Å². The Hall–Kier alpha value is -1.16. The van der Waals surface area contributed by atoms with E-state index in [0.717, 1.165) is 4.31 Å². The second-order valence-corrected chi connectivity index (χ2v) is 5.97. The molecular weight excluding hydrogens is 260 g/mol. The average molecular weight is 276 g/mol. The quantitative estimate of drug-likeness (QED) is 0.684. The highest BCUT2D eigenvalue weighted by atomic mass is 32.2. The van der Waals surface area contributed by atoms with Crippen LogP contribution in [0.25, 0.3) is 0 Å². The number of aliphatic hydroxyl groups is 1. The van der Waals surface area contributed by atoms with Gasteiger partial charge in [-0.15, -0.1) is 0 Å². The Morgan fingerprint density at radius 3 is 2.83 bits per heavy atom. The molecule has 9 heteroatoms. The normalized spacial score (nSPS) is 25.5. The summed E-state index contributed by atoms with van der Waals surface area (Å²) in [4.78, 5) is 0. The van der Waals surface area contributed by atoms with Gasteiger partial charge in [-0.05, 0) is 0 Å². The van der Waals surface area contributed by atoms with Crippen molar-refractivity contribution in [3.05, 3.63) is 12.4 Å². The van der Waals surface area contributed by atoms with Crippen LogP contribution < -0.4 is 9.46 Å². The van der Waals surface area contributed by atoms with E-state index in [2.05, 4.69) is 9.82 Å². The fourth-order valence-corrected chi connectivity index (χ4v) is 2.75. The van der Waals surface area contributed by atoms with Gasteiger partial charge in [0, 0.05) is 20.6 Å². The number of hydrogen-bond acceptors (Lipinski definition) is 5. The van der Waals surface area contributed by atoms with Crippen LogP contribution in [0.1, 0.15) is 0 Å². The van der Waals surface area contributed by atoms with Gasteiger partial charge < -0.3 is 9.84 Å². The van der Waals surface area contributed by atoms with Gasteiger partial charge in [0.05, 0.1) is 18.9 Å². The second-order valence-electron chi connectivity index (χ2n) is 4.10. The fourth-order valence-electron chi connectivity index (χ4n) is 1.80. The number of aromatic nitrogens is 2. The monoisotopic (exact) mass is 276 g/mol. The van der Waals surface area contributed by atoms with E-state index in [0.29, 0.717) is 5.75 Å². The molecule has 0 saturated carbocycles. The summed E-state index contributed by atoms with van der Waals surface area (Å²) >= 11 is 0. The molecular formula is C9H16N4O4S. The van der Waals surface area contributed by atoms with Gasteiger partial charge >= 0.3 is 0 Å². The van der Waals surface area contributed by atoms with Crippen molar-refractivity contribution in [3.8, 4) is 5.75 Å². The fraction of sp³-hybridized carbons (Fsp3) is 0.667. The first-order valence-corrected chi connectivity index (χ1v) is 6.88.